The zero-order chi connectivity index (χ0) is 26.0. The van der Waals surface area contributed by atoms with Crippen LogP contribution in [0.1, 0.15) is 38.3 Å². The summed E-state index contributed by atoms with van der Waals surface area (Å²) < 4.78 is 5.09. The Bertz CT molecular complexity index is 1120. The number of carbonyl (C=O) groups excluding carboxylic acids is 1. The fourth-order valence-corrected chi connectivity index (χ4v) is 4.38. The van der Waals surface area contributed by atoms with E-state index in [2.05, 4.69) is 90.6 Å². The second-order valence-electron chi connectivity index (χ2n) is 10.6. The highest BCUT2D eigenvalue weighted by Gasteiger charge is 2.27. The topological polar surface area (TPSA) is 53.9 Å². The van der Waals surface area contributed by atoms with Crippen LogP contribution < -0.4 is 5.32 Å². The molecule has 5 nitrogen and oxygen atoms in total. The second-order valence-corrected chi connectivity index (χ2v) is 10.6. The first-order valence-corrected chi connectivity index (χ1v) is 12.8. The van der Waals surface area contributed by atoms with Crippen LogP contribution in [-0.2, 0) is 22.5 Å². The van der Waals surface area contributed by atoms with E-state index in [0.717, 1.165) is 19.5 Å². The molecule has 5 heteroatoms. The number of methoxy groups -OCH3 is 1. The summed E-state index contributed by atoms with van der Waals surface area (Å²) in [6.07, 6.45) is 3.38. The molecule has 0 saturated carbocycles. The molecule has 0 aromatic heterocycles. The summed E-state index contributed by atoms with van der Waals surface area (Å²) in [5.74, 6) is 0.118. The van der Waals surface area contributed by atoms with Crippen molar-refractivity contribution in [2.45, 2.75) is 46.2 Å². The molecular weight excluding hydrogens is 446 g/mol. The Morgan fingerprint density at radius 3 is 2.39 bits per heavy atom. The first kappa shape index (κ1) is 27.4. The first-order valence-electron chi connectivity index (χ1n) is 12.8. The van der Waals surface area contributed by atoms with Gasteiger partial charge in [0.2, 0.25) is 0 Å². The molecule has 0 saturated heterocycles. The number of hydrogen-bond donors (Lipinski definition) is 1. The Hall–Kier alpha value is -3.18. The van der Waals surface area contributed by atoms with Gasteiger partial charge in [-0.1, -0.05) is 93.6 Å². The number of ether oxygens (including phenoxy) is 1. The van der Waals surface area contributed by atoms with Gasteiger partial charge >= 0.3 is 5.97 Å². The number of benzene rings is 3. The van der Waals surface area contributed by atoms with E-state index in [4.69, 9.17) is 4.74 Å². The molecule has 192 valence electrons. The highest BCUT2D eigenvalue weighted by Crippen LogP contribution is 2.30. The van der Waals surface area contributed by atoms with E-state index < -0.39 is 0 Å². The monoisotopic (exact) mass is 487 g/mol. The van der Waals surface area contributed by atoms with Crippen molar-refractivity contribution in [1.82, 2.24) is 10.2 Å². The molecule has 3 rings (SSSR count). The molecule has 0 bridgehead atoms. The van der Waals surface area contributed by atoms with Crippen molar-refractivity contribution >= 4 is 23.1 Å². The molecule has 0 fully saturated rings. The van der Waals surface area contributed by atoms with Crippen molar-refractivity contribution < 1.29 is 9.53 Å². The summed E-state index contributed by atoms with van der Waals surface area (Å²) in [5.41, 5.74) is 2.63. The molecule has 1 N–H and O–H groups in total. The molecule has 2 atom stereocenters. The molecule has 0 aliphatic carbocycles. The van der Waals surface area contributed by atoms with E-state index in [0.29, 0.717) is 18.9 Å². The minimum absolute atomic E-state index is 0.0810. The molecule has 0 aliphatic rings. The van der Waals surface area contributed by atoms with Crippen LogP contribution in [0.4, 0.5) is 0 Å². The van der Waals surface area contributed by atoms with Gasteiger partial charge in [-0.2, -0.15) is 0 Å². The lowest BCUT2D eigenvalue weighted by atomic mass is 9.77. The van der Waals surface area contributed by atoms with Crippen LogP contribution in [-0.4, -0.2) is 50.5 Å². The highest BCUT2D eigenvalue weighted by molar-refractivity contribution is 5.83. The lowest BCUT2D eigenvalue weighted by molar-refractivity contribution is -0.143. The Labute approximate surface area is 216 Å². The van der Waals surface area contributed by atoms with Gasteiger partial charge in [-0.3, -0.25) is 9.79 Å². The van der Waals surface area contributed by atoms with Crippen molar-refractivity contribution in [3.8, 4) is 0 Å². The molecular formula is C31H41N3O2. The van der Waals surface area contributed by atoms with Gasteiger partial charge in [0.1, 0.15) is 6.04 Å². The lowest BCUT2D eigenvalue weighted by Crippen LogP contribution is -2.43. The molecule has 0 amide bonds. The van der Waals surface area contributed by atoms with Crippen LogP contribution in [0.3, 0.4) is 0 Å². The third-order valence-electron chi connectivity index (χ3n) is 6.72. The van der Waals surface area contributed by atoms with Gasteiger partial charge in [-0.05, 0) is 52.6 Å². The van der Waals surface area contributed by atoms with Crippen molar-refractivity contribution in [1.29, 1.82) is 0 Å². The predicted octanol–water partition coefficient (Wildman–Crippen LogP) is 5.73. The number of fused-ring (bicyclic) bond motifs is 1. The molecule has 2 unspecified atom stereocenters. The molecule has 3 aromatic carbocycles. The Morgan fingerprint density at radius 2 is 1.69 bits per heavy atom. The smallest absolute Gasteiger partial charge is 0.322 e. The maximum atomic E-state index is 12.5. The van der Waals surface area contributed by atoms with Crippen molar-refractivity contribution in [2.75, 3.05) is 27.2 Å². The number of aliphatic imine (C=N–C) groups is 1. The zero-order valence-electron chi connectivity index (χ0n) is 22.4. The molecule has 3 aromatic rings. The fourth-order valence-electron chi connectivity index (χ4n) is 4.38. The Kier molecular flexibility index (Phi) is 10.1. The normalized spacial score (nSPS) is 13.6. The van der Waals surface area contributed by atoms with Crippen LogP contribution in [0.15, 0.2) is 77.8 Å². The number of nitrogens with one attached hydrogen (secondary N) is 1. The number of hydrogen-bond acceptors (Lipinski definition) is 4. The van der Waals surface area contributed by atoms with Crippen LogP contribution in [0.5, 0.6) is 0 Å². The summed E-state index contributed by atoms with van der Waals surface area (Å²) in [5, 5.41) is 6.02. The van der Waals surface area contributed by atoms with Gasteiger partial charge in [-0.25, -0.2) is 0 Å². The van der Waals surface area contributed by atoms with E-state index >= 15 is 0 Å². The number of esters is 1. The van der Waals surface area contributed by atoms with Crippen molar-refractivity contribution in [3.05, 3.63) is 83.9 Å². The third-order valence-corrected chi connectivity index (χ3v) is 6.72. The first-order chi connectivity index (χ1) is 17.3. The van der Waals surface area contributed by atoms with Gasteiger partial charge in [-0.15, -0.1) is 0 Å². The minimum Gasteiger partial charge on any atom is -0.468 e. The van der Waals surface area contributed by atoms with Crippen LogP contribution in [0, 0.1) is 11.3 Å². The summed E-state index contributed by atoms with van der Waals surface area (Å²) in [6, 6.07) is 25.1. The fraction of sp³-hybridized carbons (Fsp3) is 0.419. The maximum absolute atomic E-state index is 12.5. The quantitative estimate of drug-likeness (QED) is 0.201. The van der Waals surface area contributed by atoms with Crippen LogP contribution >= 0.6 is 0 Å². The largest absolute Gasteiger partial charge is 0.468 e. The van der Waals surface area contributed by atoms with E-state index in [1.54, 1.807) is 0 Å². The molecule has 0 radical (unpaired) electrons. The van der Waals surface area contributed by atoms with Gasteiger partial charge in [0.05, 0.1) is 13.4 Å². The van der Waals surface area contributed by atoms with Gasteiger partial charge < -0.3 is 15.0 Å². The SMILES string of the molecule is COC(=O)C(CCN=CN(C)Cc1ccccc1)NCC(Cc1ccc2ccccc2c1)C(C)(C)C. The average molecular weight is 488 g/mol. The number of carbonyl (C=O) groups is 1. The van der Waals surface area contributed by atoms with Crippen molar-refractivity contribution in [3.63, 3.8) is 0 Å². The van der Waals surface area contributed by atoms with E-state index in [1.807, 2.05) is 31.6 Å². The summed E-state index contributed by atoms with van der Waals surface area (Å²) in [4.78, 5) is 19.1. The second kappa shape index (κ2) is 13.2. The van der Waals surface area contributed by atoms with E-state index in [1.165, 1.54) is 29.0 Å². The Balaban J connectivity index is 1.57. The van der Waals surface area contributed by atoms with Crippen LogP contribution in [0.2, 0.25) is 0 Å². The molecule has 36 heavy (non-hydrogen) atoms. The van der Waals surface area contributed by atoms with Crippen LogP contribution in [0.25, 0.3) is 10.8 Å². The maximum Gasteiger partial charge on any atom is 0.322 e. The summed E-state index contributed by atoms with van der Waals surface area (Å²) in [6.45, 7) is 8.87. The highest BCUT2D eigenvalue weighted by atomic mass is 16.5. The predicted molar refractivity (Wildman–Crippen MR) is 150 cm³/mol. The zero-order valence-corrected chi connectivity index (χ0v) is 22.4. The van der Waals surface area contributed by atoms with Gasteiger partial charge in [0.25, 0.3) is 0 Å². The van der Waals surface area contributed by atoms with E-state index in [9.17, 15) is 4.79 Å². The van der Waals surface area contributed by atoms with Crippen molar-refractivity contribution in [2.24, 2.45) is 16.3 Å². The van der Waals surface area contributed by atoms with E-state index in [-0.39, 0.29) is 17.4 Å². The standard InChI is InChI=1S/C31H41N3O2/c1-31(2,3)28(20-25-15-16-26-13-9-10-14-27(26)19-25)21-33-29(30(35)36-5)17-18-32-23-34(4)22-24-11-7-6-8-12-24/h6-16,19,23,28-29,33H,17-18,20-22H2,1-5H3. The molecule has 0 aliphatic heterocycles. The van der Waals surface area contributed by atoms with Gasteiger partial charge in [0, 0.05) is 20.1 Å². The summed E-state index contributed by atoms with van der Waals surface area (Å²) in [7, 11) is 3.46. The number of rotatable bonds is 12. The van der Waals surface area contributed by atoms with Gasteiger partial charge in [0.15, 0.2) is 0 Å². The Morgan fingerprint density at radius 1 is 1.00 bits per heavy atom. The number of nitrogens with zero attached hydrogens (tertiary/aromatic N) is 2. The summed E-state index contributed by atoms with van der Waals surface area (Å²) >= 11 is 0. The minimum atomic E-state index is -0.381. The average Bonchev–Trinajstić information content (AvgIpc) is 2.86. The third kappa shape index (κ3) is 8.49. The molecule has 0 heterocycles. The lowest BCUT2D eigenvalue weighted by Gasteiger charge is -2.32. The molecule has 0 spiro atoms.